The highest BCUT2D eigenvalue weighted by atomic mass is 79.9. The Morgan fingerprint density at radius 2 is 1.77 bits per heavy atom. The van der Waals surface area contributed by atoms with Crippen molar-refractivity contribution < 1.29 is 13.2 Å². The molecule has 0 radical (unpaired) electrons. The molecular formula is C14H20BrN3O3S. The van der Waals surface area contributed by atoms with Gasteiger partial charge in [-0.05, 0) is 24.3 Å². The van der Waals surface area contributed by atoms with Crippen LogP contribution in [0.1, 0.15) is 6.42 Å². The first-order valence-corrected chi connectivity index (χ1v) is 9.71. The third-order valence-electron chi connectivity index (χ3n) is 3.58. The highest BCUT2D eigenvalue weighted by Gasteiger charge is 2.23. The van der Waals surface area contributed by atoms with E-state index in [0.29, 0.717) is 39.1 Å². The molecular weight excluding hydrogens is 370 g/mol. The molecule has 0 saturated carbocycles. The van der Waals surface area contributed by atoms with Crippen LogP contribution in [-0.2, 0) is 14.8 Å². The first-order valence-electron chi connectivity index (χ1n) is 7.07. The minimum Gasteiger partial charge on any atom is -0.326 e. The zero-order valence-electron chi connectivity index (χ0n) is 12.5. The molecule has 1 aromatic carbocycles. The molecule has 1 aliphatic heterocycles. The van der Waals surface area contributed by atoms with E-state index in [4.69, 9.17) is 0 Å². The van der Waals surface area contributed by atoms with Crippen LogP contribution in [0.25, 0.3) is 0 Å². The average Bonchev–Trinajstić information content (AvgIpc) is 2.47. The number of sulfonamides is 1. The summed E-state index contributed by atoms with van der Waals surface area (Å²) in [5, 5.41) is 2.85. The number of hydrogen-bond donors (Lipinski definition) is 1. The van der Waals surface area contributed by atoms with Gasteiger partial charge in [-0.1, -0.05) is 15.9 Å². The Morgan fingerprint density at radius 3 is 2.32 bits per heavy atom. The van der Waals surface area contributed by atoms with Gasteiger partial charge in [0.2, 0.25) is 15.9 Å². The zero-order valence-corrected chi connectivity index (χ0v) is 14.9. The lowest BCUT2D eigenvalue weighted by atomic mass is 10.3. The largest absolute Gasteiger partial charge is 0.326 e. The molecule has 1 heterocycles. The van der Waals surface area contributed by atoms with Gasteiger partial charge in [-0.15, -0.1) is 0 Å². The second kappa shape index (κ2) is 7.54. The van der Waals surface area contributed by atoms with E-state index < -0.39 is 10.0 Å². The van der Waals surface area contributed by atoms with Gasteiger partial charge >= 0.3 is 0 Å². The number of carbonyl (C=O) groups excluding carboxylic acids is 1. The van der Waals surface area contributed by atoms with Gasteiger partial charge in [0.1, 0.15) is 0 Å². The van der Waals surface area contributed by atoms with Crippen molar-refractivity contribution in [2.45, 2.75) is 6.42 Å². The number of nitrogens with one attached hydrogen (secondary N) is 1. The molecule has 1 fully saturated rings. The lowest BCUT2D eigenvalue weighted by Crippen LogP contribution is -2.48. The molecule has 0 spiro atoms. The van der Waals surface area contributed by atoms with Crippen LogP contribution in [0.3, 0.4) is 0 Å². The van der Waals surface area contributed by atoms with Gasteiger partial charge in [0.05, 0.1) is 6.26 Å². The lowest BCUT2D eigenvalue weighted by Gasteiger charge is -2.32. The quantitative estimate of drug-likeness (QED) is 0.824. The van der Waals surface area contributed by atoms with Crippen molar-refractivity contribution in [1.29, 1.82) is 0 Å². The Bertz CT molecular complexity index is 611. The lowest BCUT2D eigenvalue weighted by molar-refractivity contribution is -0.116. The molecule has 2 rings (SSSR count). The number of piperazine rings is 1. The third kappa shape index (κ3) is 5.35. The fourth-order valence-electron chi connectivity index (χ4n) is 2.30. The molecule has 1 N–H and O–H groups in total. The maximum atomic E-state index is 11.9. The Kier molecular flexibility index (Phi) is 5.96. The van der Waals surface area contributed by atoms with Crippen LogP contribution in [0, 0.1) is 0 Å². The van der Waals surface area contributed by atoms with E-state index in [1.165, 1.54) is 10.6 Å². The number of anilines is 1. The highest BCUT2D eigenvalue weighted by Crippen LogP contribution is 2.14. The predicted molar refractivity (Wildman–Crippen MR) is 90.2 cm³/mol. The molecule has 122 valence electrons. The minimum absolute atomic E-state index is 0.0344. The van der Waals surface area contributed by atoms with Gasteiger partial charge in [-0.2, -0.15) is 4.31 Å². The van der Waals surface area contributed by atoms with Crippen LogP contribution in [0.5, 0.6) is 0 Å². The number of hydrogen-bond acceptors (Lipinski definition) is 4. The maximum Gasteiger partial charge on any atom is 0.225 e. The molecule has 0 atom stereocenters. The standard InChI is InChI=1S/C14H20BrN3O3S/c1-22(20,21)18-10-8-17(9-11-18)7-6-14(19)16-13-4-2-12(15)3-5-13/h2-5H,6-11H2,1H3,(H,16,19). The molecule has 1 amide bonds. The van der Waals surface area contributed by atoms with Gasteiger partial charge in [-0.25, -0.2) is 8.42 Å². The molecule has 1 aromatic rings. The molecule has 0 bridgehead atoms. The molecule has 8 heteroatoms. The molecule has 0 unspecified atom stereocenters. The van der Waals surface area contributed by atoms with Crippen molar-refractivity contribution in [3.8, 4) is 0 Å². The summed E-state index contributed by atoms with van der Waals surface area (Å²) in [5.74, 6) is -0.0344. The third-order valence-corrected chi connectivity index (χ3v) is 5.42. The van der Waals surface area contributed by atoms with Crippen LogP contribution in [-0.4, -0.2) is 62.5 Å². The molecule has 1 aliphatic rings. The van der Waals surface area contributed by atoms with Crippen molar-refractivity contribution >= 4 is 37.5 Å². The fourth-order valence-corrected chi connectivity index (χ4v) is 3.39. The summed E-state index contributed by atoms with van der Waals surface area (Å²) >= 11 is 3.35. The first-order chi connectivity index (χ1) is 10.3. The molecule has 22 heavy (non-hydrogen) atoms. The zero-order chi connectivity index (χ0) is 16.2. The normalized spacial score (nSPS) is 17.4. The van der Waals surface area contributed by atoms with Crippen molar-refractivity contribution in [3.63, 3.8) is 0 Å². The Balaban J connectivity index is 1.72. The number of halogens is 1. The van der Waals surface area contributed by atoms with Crippen molar-refractivity contribution in [2.24, 2.45) is 0 Å². The SMILES string of the molecule is CS(=O)(=O)N1CCN(CCC(=O)Nc2ccc(Br)cc2)CC1. The topological polar surface area (TPSA) is 69.7 Å². The fraction of sp³-hybridized carbons (Fsp3) is 0.500. The van der Waals surface area contributed by atoms with Gasteiger partial charge in [0, 0.05) is 49.3 Å². The Hall–Kier alpha value is -0.960. The van der Waals surface area contributed by atoms with E-state index in [0.717, 1.165) is 10.2 Å². The van der Waals surface area contributed by atoms with E-state index in [1.54, 1.807) is 0 Å². The van der Waals surface area contributed by atoms with Crippen LogP contribution < -0.4 is 5.32 Å². The van der Waals surface area contributed by atoms with E-state index in [-0.39, 0.29) is 5.91 Å². The Morgan fingerprint density at radius 1 is 1.18 bits per heavy atom. The number of amides is 1. The maximum absolute atomic E-state index is 11.9. The summed E-state index contributed by atoms with van der Waals surface area (Å²) in [5.41, 5.74) is 0.773. The van der Waals surface area contributed by atoms with Gasteiger partial charge in [0.25, 0.3) is 0 Å². The van der Waals surface area contributed by atoms with E-state index >= 15 is 0 Å². The second-order valence-electron chi connectivity index (χ2n) is 5.31. The molecule has 0 aromatic heterocycles. The van der Waals surface area contributed by atoms with Gasteiger partial charge in [-0.3, -0.25) is 4.79 Å². The monoisotopic (exact) mass is 389 g/mol. The summed E-state index contributed by atoms with van der Waals surface area (Å²) in [6, 6.07) is 7.43. The van der Waals surface area contributed by atoms with Crippen LogP contribution in [0.15, 0.2) is 28.7 Å². The van der Waals surface area contributed by atoms with Crippen LogP contribution in [0.2, 0.25) is 0 Å². The van der Waals surface area contributed by atoms with Crippen LogP contribution >= 0.6 is 15.9 Å². The number of carbonyl (C=O) groups is 1. The molecule has 6 nitrogen and oxygen atoms in total. The van der Waals surface area contributed by atoms with Crippen molar-refractivity contribution in [3.05, 3.63) is 28.7 Å². The highest BCUT2D eigenvalue weighted by molar-refractivity contribution is 9.10. The summed E-state index contributed by atoms with van der Waals surface area (Å²) in [6.45, 7) is 2.96. The average molecular weight is 390 g/mol. The minimum atomic E-state index is -3.10. The summed E-state index contributed by atoms with van der Waals surface area (Å²) in [4.78, 5) is 14.0. The first kappa shape index (κ1) is 17.4. The Labute approximate surface area is 139 Å². The van der Waals surface area contributed by atoms with Crippen LogP contribution in [0.4, 0.5) is 5.69 Å². The smallest absolute Gasteiger partial charge is 0.225 e. The summed E-state index contributed by atoms with van der Waals surface area (Å²) in [7, 11) is -3.10. The summed E-state index contributed by atoms with van der Waals surface area (Å²) < 4.78 is 25.3. The molecule has 1 saturated heterocycles. The van der Waals surface area contributed by atoms with Gasteiger partial charge in [0.15, 0.2) is 0 Å². The van der Waals surface area contributed by atoms with Crippen molar-refractivity contribution in [1.82, 2.24) is 9.21 Å². The number of nitrogens with zero attached hydrogens (tertiary/aromatic N) is 2. The van der Waals surface area contributed by atoms with E-state index in [1.807, 2.05) is 24.3 Å². The second-order valence-corrected chi connectivity index (χ2v) is 8.21. The molecule has 0 aliphatic carbocycles. The van der Waals surface area contributed by atoms with E-state index in [9.17, 15) is 13.2 Å². The summed E-state index contributed by atoms with van der Waals surface area (Å²) in [6.07, 6.45) is 1.63. The van der Waals surface area contributed by atoms with E-state index in [2.05, 4.69) is 26.1 Å². The van der Waals surface area contributed by atoms with Gasteiger partial charge < -0.3 is 10.2 Å². The predicted octanol–water partition coefficient (Wildman–Crippen LogP) is 1.35. The van der Waals surface area contributed by atoms with Crippen molar-refractivity contribution in [2.75, 3.05) is 44.3 Å². The number of rotatable bonds is 5. The number of benzene rings is 1.